The first-order valence-electron chi connectivity index (χ1n) is 8.77. The third kappa shape index (κ3) is 3.30. The van der Waals surface area contributed by atoms with Gasteiger partial charge in [0.1, 0.15) is 12.4 Å². The molecule has 0 spiro atoms. The minimum absolute atomic E-state index is 0.0333. The van der Waals surface area contributed by atoms with Crippen LogP contribution in [0.5, 0.6) is 0 Å². The van der Waals surface area contributed by atoms with Crippen molar-refractivity contribution in [3.63, 3.8) is 0 Å². The number of hydrogen-bond donors (Lipinski definition) is 1. The Hall–Kier alpha value is -2.45. The Labute approximate surface area is 157 Å². The molecule has 1 saturated heterocycles. The number of sulfonamides is 1. The molecule has 0 radical (unpaired) electrons. The molecular formula is C19H19FN2O4S. The number of nitrogens with one attached hydrogen (secondary N) is 1. The number of anilines is 1. The van der Waals surface area contributed by atoms with E-state index in [9.17, 15) is 17.6 Å². The van der Waals surface area contributed by atoms with Crippen molar-refractivity contribution < 1.29 is 22.3 Å². The van der Waals surface area contributed by atoms with Crippen molar-refractivity contribution in [2.45, 2.75) is 23.8 Å². The average Bonchev–Trinajstić information content (AvgIpc) is 3.17. The van der Waals surface area contributed by atoms with E-state index < -0.39 is 21.7 Å². The van der Waals surface area contributed by atoms with Gasteiger partial charge in [0.15, 0.2) is 0 Å². The second kappa shape index (κ2) is 6.94. The monoisotopic (exact) mass is 390 g/mol. The zero-order chi connectivity index (χ0) is 19.0. The summed E-state index contributed by atoms with van der Waals surface area (Å²) in [5, 5.41) is 2.73. The number of ether oxygens (including phenoxy) is 1. The quantitative estimate of drug-likeness (QED) is 0.869. The number of amides is 1. The van der Waals surface area contributed by atoms with E-state index in [0.717, 1.165) is 17.1 Å². The maximum Gasteiger partial charge on any atom is 0.265 e. The minimum Gasteiger partial charge on any atom is -0.376 e. The molecule has 1 unspecified atom stereocenters. The van der Waals surface area contributed by atoms with Crippen LogP contribution in [0.15, 0.2) is 47.4 Å². The molecular weight excluding hydrogens is 371 g/mol. The van der Waals surface area contributed by atoms with E-state index in [0.29, 0.717) is 30.0 Å². The molecule has 1 N–H and O–H groups in total. The summed E-state index contributed by atoms with van der Waals surface area (Å²) in [6, 6.07) is 10.3. The molecule has 1 fully saturated rings. The van der Waals surface area contributed by atoms with Gasteiger partial charge in [-0.25, -0.2) is 12.8 Å². The second-order valence-electron chi connectivity index (χ2n) is 6.61. The van der Waals surface area contributed by atoms with E-state index in [4.69, 9.17) is 4.74 Å². The van der Waals surface area contributed by atoms with E-state index in [1.807, 2.05) is 0 Å². The normalized spacial score (nSPS) is 20.0. The van der Waals surface area contributed by atoms with Crippen LogP contribution in [-0.4, -0.2) is 40.1 Å². The molecule has 4 rings (SSSR count). The Morgan fingerprint density at radius 1 is 1.22 bits per heavy atom. The highest BCUT2D eigenvalue weighted by Crippen LogP contribution is 2.42. The van der Waals surface area contributed by atoms with Gasteiger partial charge in [0.2, 0.25) is 5.91 Å². The van der Waals surface area contributed by atoms with Crippen molar-refractivity contribution in [1.82, 2.24) is 5.32 Å². The molecule has 142 valence electrons. The maximum absolute atomic E-state index is 13.8. The smallest absolute Gasteiger partial charge is 0.265 e. The highest BCUT2D eigenvalue weighted by Gasteiger charge is 2.36. The topological polar surface area (TPSA) is 75.7 Å². The number of carbonyl (C=O) groups excluding carboxylic acids is 1. The lowest BCUT2D eigenvalue weighted by Gasteiger charge is -2.31. The number of rotatable bonds is 4. The first kappa shape index (κ1) is 17.9. The third-order valence-electron chi connectivity index (χ3n) is 4.81. The summed E-state index contributed by atoms with van der Waals surface area (Å²) in [7, 11) is -3.92. The van der Waals surface area contributed by atoms with E-state index >= 15 is 0 Å². The Balaban J connectivity index is 1.65. The number of benzene rings is 2. The molecule has 2 aliphatic heterocycles. The van der Waals surface area contributed by atoms with Gasteiger partial charge >= 0.3 is 0 Å². The summed E-state index contributed by atoms with van der Waals surface area (Å²) >= 11 is 0. The maximum atomic E-state index is 13.8. The molecule has 8 heteroatoms. The predicted octanol–water partition coefficient (Wildman–Crippen LogP) is 2.30. The first-order valence-corrected chi connectivity index (χ1v) is 10.2. The molecule has 27 heavy (non-hydrogen) atoms. The molecule has 6 nitrogen and oxygen atoms in total. The predicted molar refractivity (Wildman–Crippen MR) is 98.4 cm³/mol. The van der Waals surface area contributed by atoms with Crippen molar-refractivity contribution in [3.8, 4) is 11.1 Å². The van der Waals surface area contributed by atoms with Crippen LogP contribution < -0.4 is 9.62 Å². The summed E-state index contributed by atoms with van der Waals surface area (Å²) in [4.78, 5) is 12.5. The second-order valence-corrected chi connectivity index (χ2v) is 8.44. The molecule has 0 saturated carbocycles. The van der Waals surface area contributed by atoms with Crippen molar-refractivity contribution >= 4 is 21.6 Å². The largest absolute Gasteiger partial charge is 0.376 e. The summed E-state index contributed by atoms with van der Waals surface area (Å²) in [5.41, 5.74) is 1.18. The number of halogens is 1. The van der Waals surface area contributed by atoms with Gasteiger partial charge in [-0.3, -0.25) is 9.10 Å². The fourth-order valence-electron chi connectivity index (χ4n) is 3.49. The summed E-state index contributed by atoms with van der Waals surface area (Å²) in [6.45, 7) is 0.651. The highest BCUT2D eigenvalue weighted by molar-refractivity contribution is 7.93. The average molecular weight is 390 g/mol. The van der Waals surface area contributed by atoms with Crippen LogP contribution in [0.4, 0.5) is 10.1 Å². The zero-order valence-corrected chi connectivity index (χ0v) is 15.3. The molecule has 1 atom stereocenters. The van der Waals surface area contributed by atoms with Crippen molar-refractivity contribution in [2.24, 2.45) is 0 Å². The van der Waals surface area contributed by atoms with E-state index in [-0.39, 0.29) is 17.5 Å². The molecule has 2 aliphatic rings. The van der Waals surface area contributed by atoms with Crippen LogP contribution in [0.25, 0.3) is 11.1 Å². The van der Waals surface area contributed by atoms with Crippen molar-refractivity contribution in [2.75, 3.05) is 24.0 Å². The lowest BCUT2D eigenvalue weighted by molar-refractivity contribution is -0.120. The highest BCUT2D eigenvalue weighted by atomic mass is 32.2. The third-order valence-corrected chi connectivity index (χ3v) is 6.63. The van der Waals surface area contributed by atoms with Gasteiger partial charge in [-0.2, -0.15) is 0 Å². The molecule has 0 aliphatic carbocycles. The van der Waals surface area contributed by atoms with E-state index in [1.54, 1.807) is 18.2 Å². The van der Waals surface area contributed by atoms with Gasteiger partial charge in [0.25, 0.3) is 10.0 Å². The Bertz CT molecular complexity index is 987. The Morgan fingerprint density at radius 2 is 2.04 bits per heavy atom. The van der Waals surface area contributed by atoms with Crippen LogP contribution in [0, 0.1) is 5.82 Å². The molecule has 1 amide bonds. The van der Waals surface area contributed by atoms with Gasteiger partial charge < -0.3 is 10.1 Å². The lowest BCUT2D eigenvalue weighted by atomic mass is 10.0. The molecule has 2 heterocycles. The van der Waals surface area contributed by atoms with Crippen LogP contribution in [0.1, 0.15) is 12.8 Å². The standard InChI is InChI=1S/C19H19FN2O4S/c20-13-7-8-17-16(10-13)15-5-1-2-6-18(15)27(24,25)22(17)12-19(23)21-11-14-4-3-9-26-14/h1-2,5-8,10,14H,3-4,9,11-12H2,(H,21,23). The molecule has 0 bridgehead atoms. The first-order chi connectivity index (χ1) is 13.0. The van der Waals surface area contributed by atoms with Crippen LogP contribution in [-0.2, 0) is 19.6 Å². The SMILES string of the molecule is O=C(CN1c2ccc(F)cc2-c2ccccc2S1(=O)=O)NCC1CCCO1. The van der Waals surface area contributed by atoms with Gasteiger partial charge in [-0.1, -0.05) is 18.2 Å². The van der Waals surface area contributed by atoms with Crippen LogP contribution in [0.2, 0.25) is 0 Å². The summed E-state index contributed by atoms with van der Waals surface area (Å²) in [6.07, 6.45) is 1.79. The van der Waals surface area contributed by atoms with Gasteiger partial charge in [0, 0.05) is 24.3 Å². The Kier molecular flexibility index (Phi) is 4.61. The van der Waals surface area contributed by atoms with Crippen molar-refractivity contribution in [1.29, 1.82) is 0 Å². The number of fused-ring (bicyclic) bond motifs is 3. The van der Waals surface area contributed by atoms with Gasteiger partial charge in [-0.05, 0) is 37.1 Å². The Morgan fingerprint density at radius 3 is 2.81 bits per heavy atom. The zero-order valence-electron chi connectivity index (χ0n) is 14.5. The lowest BCUT2D eigenvalue weighted by Crippen LogP contribution is -2.44. The number of carbonyl (C=O) groups is 1. The fraction of sp³-hybridized carbons (Fsp3) is 0.316. The van der Waals surface area contributed by atoms with E-state index in [2.05, 4.69) is 5.32 Å². The van der Waals surface area contributed by atoms with Crippen LogP contribution >= 0.6 is 0 Å². The molecule has 0 aromatic heterocycles. The number of hydrogen-bond acceptors (Lipinski definition) is 4. The van der Waals surface area contributed by atoms with E-state index in [1.165, 1.54) is 24.3 Å². The minimum atomic E-state index is -3.92. The van der Waals surface area contributed by atoms with Crippen LogP contribution in [0.3, 0.4) is 0 Å². The fourth-order valence-corrected chi connectivity index (χ4v) is 5.14. The molecule has 2 aromatic carbocycles. The number of nitrogens with zero attached hydrogens (tertiary/aromatic N) is 1. The van der Waals surface area contributed by atoms with Gasteiger partial charge in [-0.15, -0.1) is 0 Å². The summed E-state index contributed by atoms with van der Waals surface area (Å²) < 4.78 is 46.5. The summed E-state index contributed by atoms with van der Waals surface area (Å²) in [5.74, 6) is -0.894. The van der Waals surface area contributed by atoms with Gasteiger partial charge in [0.05, 0.1) is 16.7 Å². The molecule has 2 aromatic rings. The van der Waals surface area contributed by atoms with Crippen molar-refractivity contribution in [3.05, 3.63) is 48.3 Å².